The van der Waals surface area contributed by atoms with Crippen molar-refractivity contribution in [3.8, 4) is 0 Å². The Balaban J connectivity index is 2.22. The van der Waals surface area contributed by atoms with Crippen LogP contribution < -0.4 is 11.1 Å². The van der Waals surface area contributed by atoms with E-state index in [0.717, 1.165) is 12.0 Å². The first-order valence-corrected chi connectivity index (χ1v) is 6.33. The summed E-state index contributed by atoms with van der Waals surface area (Å²) in [4.78, 5) is 14.5. The van der Waals surface area contributed by atoms with Crippen LogP contribution in [0.5, 0.6) is 0 Å². The van der Waals surface area contributed by atoms with Crippen LogP contribution in [0.1, 0.15) is 18.1 Å². The van der Waals surface area contributed by atoms with Crippen LogP contribution in [-0.2, 0) is 13.0 Å². The van der Waals surface area contributed by atoms with Crippen molar-refractivity contribution in [2.24, 2.45) is 0 Å². The molecular weight excluding hydrogens is 256 g/mol. The standard InChI is InChI=1S/C14H16N4O2/c1-2-10-5-3-4-6-11(10)9-16-14-12(18(19)20)7-8-13(15)17-14/h3-8H,2,9H2,1H3,(H3,15,16,17). The zero-order chi connectivity index (χ0) is 14.5. The Labute approximate surface area is 116 Å². The summed E-state index contributed by atoms with van der Waals surface area (Å²) >= 11 is 0. The number of hydrogen-bond donors (Lipinski definition) is 2. The third-order valence-electron chi connectivity index (χ3n) is 3.04. The lowest BCUT2D eigenvalue weighted by atomic mass is 10.1. The van der Waals surface area contributed by atoms with E-state index in [2.05, 4.69) is 17.2 Å². The van der Waals surface area contributed by atoms with Crippen molar-refractivity contribution in [3.63, 3.8) is 0 Å². The molecule has 1 aromatic heterocycles. The maximum absolute atomic E-state index is 11.0. The van der Waals surface area contributed by atoms with Crippen LogP contribution in [0.3, 0.4) is 0 Å². The molecule has 1 heterocycles. The zero-order valence-electron chi connectivity index (χ0n) is 11.2. The molecule has 0 radical (unpaired) electrons. The minimum Gasteiger partial charge on any atom is -0.384 e. The molecule has 3 N–H and O–H groups in total. The van der Waals surface area contributed by atoms with Crippen LogP contribution in [0.2, 0.25) is 0 Å². The summed E-state index contributed by atoms with van der Waals surface area (Å²) in [5.41, 5.74) is 7.79. The van der Waals surface area contributed by atoms with Gasteiger partial charge in [-0.15, -0.1) is 0 Å². The summed E-state index contributed by atoms with van der Waals surface area (Å²) in [5, 5.41) is 13.9. The molecule has 0 spiro atoms. The minimum absolute atomic E-state index is 0.0758. The van der Waals surface area contributed by atoms with Crippen LogP contribution >= 0.6 is 0 Å². The van der Waals surface area contributed by atoms with Gasteiger partial charge in [0.05, 0.1) is 4.92 Å². The number of nitro groups is 1. The van der Waals surface area contributed by atoms with E-state index in [0.29, 0.717) is 6.54 Å². The summed E-state index contributed by atoms with van der Waals surface area (Å²) in [5.74, 6) is 0.447. The van der Waals surface area contributed by atoms with E-state index in [1.54, 1.807) is 0 Å². The lowest BCUT2D eigenvalue weighted by Gasteiger charge is -2.10. The van der Waals surface area contributed by atoms with Gasteiger partial charge in [0.15, 0.2) is 0 Å². The van der Waals surface area contributed by atoms with E-state index in [-0.39, 0.29) is 17.3 Å². The van der Waals surface area contributed by atoms with Crippen molar-refractivity contribution in [1.82, 2.24) is 4.98 Å². The number of anilines is 2. The van der Waals surface area contributed by atoms with Gasteiger partial charge in [0.2, 0.25) is 5.82 Å². The van der Waals surface area contributed by atoms with Gasteiger partial charge in [-0.05, 0) is 23.6 Å². The Morgan fingerprint density at radius 3 is 2.60 bits per heavy atom. The number of nitrogens with one attached hydrogen (secondary N) is 1. The van der Waals surface area contributed by atoms with Crippen molar-refractivity contribution in [2.45, 2.75) is 19.9 Å². The number of rotatable bonds is 5. The van der Waals surface area contributed by atoms with Gasteiger partial charge in [0, 0.05) is 12.6 Å². The van der Waals surface area contributed by atoms with Crippen LogP contribution in [0.15, 0.2) is 36.4 Å². The Morgan fingerprint density at radius 2 is 1.95 bits per heavy atom. The molecule has 6 nitrogen and oxygen atoms in total. The second-order valence-electron chi connectivity index (χ2n) is 4.34. The first-order chi connectivity index (χ1) is 9.61. The summed E-state index contributed by atoms with van der Waals surface area (Å²) < 4.78 is 0. The van der Waals surface area contributed by atoms with Crippen LogP contribution in [-0.4, -0.2) is 9.91 Å². The minimum atomic E-state index is -0.472. The van der Waals surface area contributed by atoms with Gasteiger partial charge in [0.25, 0.3) is 0 Å². The molecule has 0 aliphatic heterocycles. The molecule has 2 aromatic rings. The van der Waals surface area contributed by atoms with Gasteiger partial charge < -0.3 is 11.1 Å². The quantitative estimate of drug-likeness (QED) is 0.644. The number of aryl methyl sites for hydroxylation is 1. The number of nitrogens with two attached hydrogens (primary N) is 1. The molecule has 0 saturated carbocycles. The lowest BCUT2D eigenvalue weighted by Crippen LogP contribution is -2.07. The first-order valence-electron chi connectivity index (χ1n) is 6.33. The lowest BCUT2D eigenvalue weighted by molar-refractivity contribution is -0.384. The van der Waals surface area contributed by atoms with E-state index < -0.39 is 4.92 Å². The van der Waals surface area contributed by atoms with E-state index >= 15 is 0 Å². The maximum Gasteiger partial charge on any atom is 0.311 e. The topological polar surface area (TPSA) is 94.1 Å². The number of hydrogen-bond acceptors (Lipinski definition) is 5. The SMILES string of the molecule is CCc1ccccc1CNc1nc(N)ccc1[N+](=O)[O-]. The predicted octanol–water partition coefficient (Wildman–Crippen LogP) is 2.75. The molecule has 2 rings (SSSR count). The summed E-state index contributed by atoms with van der Waals surface area (Å²) in [6.45, 7) is 2.54. The van der Waals surface area contributed by atoms with Crippen molar-refractivity contribution >= 4 is 17.3 Å². The highest BCUT2D eigenvalue weighted by molar-refractivity contribution is 5.59. The second-order valence-corrected chi connectivity index (χ2v) is 4.34. The smallest absolute Gasteiger partial charge is 0.311 e. The largest absolute Gasteiger partial charge is 0.384 e. The van der Waals surface area contributed by atoms with Gasteiger partial charge in [-0.1, -0.05) is 31.2 Å². The highest BCUT2D eigenvalue weighted by Crippen LogP contribution is 2.23. The predicted molar refractivity (Wildman–Crippen MR) is 78.5 cm³/mol. The van der Waals surface area contributed by atoms with Gasteiger partial charge in [-0.25, -0.2) is 4.98 Å². The molecule has 0 atom stereocenters. The average Bonchev–Trinajstić information content (AvgIpc) is 2.45. The molecule has 0 unspecified atom stereocenters. The monoisotopic (exact) mass is 272 g/mol. The van der Waals surface area contributed by atoms with Crippen molar-refractivity contribution < 1.29 is 4.92 Å². The molecule has 0 saturated heterocycles. The van der Waals surface area contributed by atoms with Gasteiger partial charge >= 0.3 is 5.69 Å². The normalized spacial score (nSPS) is 10.2. The molecule has 0 amide bonds. The Kier molecular flexibility index (Phi) is 4.14. The Morgan fingerprint density at radius 1 is 1.25 bits per heavy atom. The van der Waals surface area contributed by atoms with Crippen LogP contribution in [0.4, 0.5) is 17.3 Å². The summed E-state index contributed by atoms with van der Waals surface area (Å²) in [6.07, 6.45) is 0.907. The third-order valence-corrected chi connectivity index (χ3v) is 3.04. The van der Waals surface area contributed by atoms with Gasteiger partial charge in [0.1, 0.15) is 5.82 Å². The fraction of sp³-hybridized carbons (Fsp3) is 0.214. The Hall–Kier alpha value is -2.63. The van der Waals surface area contributed by atoms with E-state index in [9.17, 15) is 10.1 Å². The first kappa shape index (κ1) is 13.8. The molecule has 0 aliphatic rings. The van der Waals surface area contributed by atoms with Crippen LogP contribution in [0, 0.1) is 10.1 Å². The molecule has 6 heteroatoms. The number of nitrogen functional groups attached to an aromatic ring is 1. The summed E-state index contributed by atoms with van der Waals surface area (Å²) in [6, 6.07) is 10.7. The number of nitrogens with zero attached hydrogens (tertiary/aromatic N) is 2. The second kappa shape index (κ2) is 6.01. The zero-order valence-corrected chi connectivity index (χ0v) is 11.2. The van der Waals surface area contributed by atoms with E-state index in [1.165, 1.54) is 17.7 Å². The van der Waals surface area contributed by atoms with E-state index in [1.807, 2.05) is 24.3 Å². The fourth-order valence-corrected chi connectivity index (χ4v) is 2.00. The van der Waals surface area contributed by atoms with Gasteiger partial charge in [-0.3, -0.25) is 10.1 Å². The number of aromatic nitrogens is 1. The van der Waals surface area contributed by atoms with E-state index in [4.69, 9.17) is 5.73 Å². The highest BCUT2D eigenvalue weighted by Gasteiger charge is 2.15. The van der Waals surface area contributed by atoms with Crippen LogP contribution in [0.25, 0.3) is 0 Å². The van der Waals surface area contributed by atoms with Crippen molar-refractivity contribution in [2.75, 3.05) is 11.1 Å². The average molecular weight is 272 g/mol. The highest BCUT2D eigenvalue weighted by atomic mass is 16.6. The Bertz CT molecular complexity index is 628. The summed E-state index contributed by atoms with van der Waals surface area (Å²) in [7, 11) is 0. The number of pyridine rings is 1. The maximum atomic E-state index is 11.0. The molecule has 0 fully saturated rings. The third kappa shape index (κ3) is 3.03. The molecule has 20 heavy (non-hydrogen) atoms. The molecule has 0 bridgehead atoms. The fourth-order valence-electron chi connectivity index (χ4n) is 2.00. The van der Waals surface area contributed by atoms with Gasteiger partial charge in [-0.2, -0.15) is 0 Å². The molecule has 104 valence electrons. The van der Waals surface area contributed by atoms with Crippen molar-refractivity contribution in [3.05, 3.63) is 57.6 Å². The molecule has 0 aliphatic carbocycles. The van der Waals surface area contributed by atoms with Crippen molar-refractivity contribution in [1.29, 1.82) is 0 Å². The number of benzene rings is 1. The molecule has 1 aromatic carbocycles. The molecular formula is C14H16N4O2.